The van der Waals surface area contributed by atoms with Crippen LogP contribution in [0, 0.1) is 0 Å². The first-order valence-electron chi connectivity index (χ1n) is 36.3. The third-order valence-electron chi connectivity index (χ3n) is 16.3. The van der Waals surface area contributed by atoms with Gasteiger partial charge in [0.1, 0.15) is 13.2 Å². The van der Waals surface area contributed by atoms with E-state index in [0.717, 1.165) is 89.9 Å². The van der Waals surface area contributed by atoms with Crippen LogP contribution >= 0.6 is 0 Å². The zero-order valence-corrected chi connectivity index (χ0v) is 55.0. The number of unbranched alkanes of at least 4 members (excludes halogenated alkanes) is 46. The minimum absolute atomic E-state index is 0.0670. The van der Waals surface area contributed by atoms with Gasteiger partial charge in [0.15, 0.2) is 6.10 Å². The molecule has 0 heterocycles. The van der Waals surface area contributed by atoms with Gasteiger partial charge in [-0.2, -0.15) is 0 Å². The van der Waals surface area contributed by atoms with Crippen LogP contribution < -0.4 is 0 Å². The molecule has 82 heavy (non-hydrogen) atoms. The van der Waals surface area contributed by atoms with Gasteiger partial charge >= 0.3 is 17.9 Å². The Labute approximate surface area is 510 Å². The molecule has 0 aliphatic heterocycles. The largest absolute Gasteiger partial charge is 0.462 e. The molecule has 0 amide bonds. The summed E-state index contributed by atoms with van der Waals surface area (Å²) in [4.78, 5) is 38.4. The van der Waals surface area contributed by atoms with Gasteiger partial charge in [0.05, 0.1) is 0 Å². The zero-order valence-electron chi connectivity index (χ0n) is 55.0. The fourth-order valence-corrected chi connectivity index (χ4v) is 10.9. The minimum atomic E-state index is -0.770. The maximum atomic E-state index is 12.9. The second kappa shape index (κ2) is 70.6. The second-order valence-electron chi connectivity index (χ2n) is 24.5. The molecule has 0 aromatic heterocycles. The lowest BCUT2D eigenvalue weighted by molar-refractivity contribution is -0.167. The molecule has 0 saturated heterocycles. The van der Waals surface area contributed by atoms with Gasteiger partial charge in [-0.3, -0.25) is 14.4 Å². The van der Waals surface area contributed by atoms with Crippen LogP contribution in [-0.4, -0.2) is 37.2 Å². The van der Waals surface area contributed by atoms with Gasteiger partial charge in [-0.25, -0.2) is 0 Å². The summed E-state index contributed by atoms with van der Waals surface area (Å²) in [7, 11) is 0. The van der Waals surface area contributed by atoms with E-state index in [4.69, 9.17) is 14.2 Å². The van der Waals surface area contributed by atoms with Crippen LogP contribution in [-0.2, 0) is 28.6 Å². The fraction of sp³-hybridized carbons (Fsp3) is 0.829. The van der Waals surface area contributed by atoms with Crippen molar-refractivity contribution in [3.8, 4) is 0 Å². The molecule has 0 radical (unpaired) electrons. The van der Waals surface area contributed by atoms with E-state index in [-0.39, 0.29) is 31.1 Å². The molecule has 0 aliphatic carbocycles. The Bertz CT molecular complexity index is 1460. The molecule has 1 atom stereocenters. The van der Waals surface area contributed by atoms with Gasteiger partial charge in [0.25, 0.3) is 0 Å². The summed E-state index contributed by atoms with van der Waals surface area (Å²) < 4.78 is 17.0. The lowest BCUT2D eigenvalue weighted by Crippen LogP contribution is -2.30. The maximum absolute atomic E-state index is 12.9. The van der Waals surface area contributed by atoms with Gasteiger partial charge in [-0.15, -0.1) is 0 Å². The van der Waals surface area contributed by atoms with E-state index in [2.05, 4.69) is 81.5 Å². The van der Waals surface area contributed by atoms with E-state index in [0.29, 0.717) is 19.3 Å². The molecule has 6 nitrogen and oxygen atoms in total. The molecule has 0 saturated carbocycles. The lowest BCUT2D eigenvalue weighted by Gasteiger charge is -2.18. The second-order valence-corrected chi connectivity index (χ2v) is 24.5. The van der Waals surface area contributed by atoms with E-state index in [9.17, 15) is 14.4 Å². The van der Waals surface area contributed by atoms with Crippen molar-refractivity contribution in [2.24, 2.45) is 0 Å². The molecule has 1 unspecified atom stereocenters. The third-order valence-corrected chi connectivity index (χ3v) is 16.3. The molecule has 6 heteroatoms. The quantitative estimate of drug-likeness (QED) is 0.0261. The average molecular weight is 1150 g/mol. The first-order chi connectivity index (χ1) is 40.5. The van der Waals surface area contributed by atoms with Crippen LogP contribution in [0.2, 0.25) is 0 Å². The first-order valence-corrected chi connectivity index (χ1v) is 36.3. The summed E-state index contributed by atoms with van der Waals surface area (Å²) in [6.07, 6.45) is 91.3. The molecule has 0 aromatic carbocycles. The van der Waals surface area contributed by atoms with Crippen molar-refractivity contribution in [3.05, 3.63) is 60.8 Å². The summed E-state index contributed by atoms with van der Waals surface area (Å²) in [5.41, 5.74) is 0. The number of hydrogen-bond donors (Lipinski definition) is 0. The number of allylic oxidation sites excluding steroid dienone is 10. The Balaban J connectivity index is 4.12. The molecule has 0 fully saturated rings. The number of ether oxygens (including phenoxy) is 3. The Kier molecular flexibility index (Phi) is 68.1. The normalized spacial score (nSPS) is 12.4. The topological polar surface area (TPSA) is 78.9 Å². The van der Waals surface area contributed by atoms with Crippen molar-refractivity contribution < 1.29 is 28.6 Å². The minimum Gasteiger partial charge on any atom is -0.462 e. The van der Waals surface area contributed by atoms with Crippen molar-refractivity contribution >= 4 is 17.9 Å². The van der Waals surface area contributed by atoms with Crippen LogP contribution in [0.5, 0.6) is 0 Å². The summed E-state index contributed by atoms with van der Waals surface area (Å²) >= 11 is 0. The van der Waals surface area contributed by atoms with Crippen LogP contribution in [0.1, 0.15) is 387 Å². The van der Waals surface area contributed by atoms with Crippen LogP contribution in [0.4, 0.5) is 0 Å². The van der Waals surface area contributed by atoms with Gasteiger partial charge < -0.3 is 14.2 Å². The molecule has 0 aromatic rings. The Morgan fingerprint density at radius 3 is 0.744 bits per heavy atom. The summed E-state index contributed by atoms with van der Waals surface area (Å²) in [5.74, 6) is -0.841. The fourth-order valence-electron chi connectivity index (χ4n) is 10.9. The Hall–Kier alpha value is -2.89. The predicted octanol–water partition coefficient (Wildman–Crippen LogP) is 25.1. The number of hydrogen-bond acceptors (Lipinski definition) is 6. The third kappa shape index (κ3) is 67.9. The average Bonchev–Trinajstić information content (AvgIpc) is 3.47. The maximum Gasteiger partial charge on any atom is 0.306 e. The number of esters is 3. The van der Waals surface area contributed by atoms with Crippen LogP contribution in [0.25, 0.3) is 0 Å². The van der Waals surface area contributed by atoms with Crippen LogP contribution in [0.15, 0.2) is 60.8 Å². The van der Waals surface area contributed by atoms with E-state index >= 15 is 0 Å². The summed E-state index contributed by atoms with van der Waals surface area (Å²) in [6.45, 7) is 6.58. The van der Waals surface area contributed by atoms with Crippen molar-refractivity contribution in [2.45, 2.75) is 393 Å². The highest BCUT2D eigenvalue weighted by Crippen LogP contribution is 2.19. The SMILES string of the molecule is CC/C=C\C/C=C\C/C=C\C/C=C\C/C=C\CCCCCCCCCCCCCCCCCC(=O)OCC(COC(=O)CCCCCCCCCCCC)OC(=O)CCCCCCCCCCCCCCCCCCCCCCCCC. The standard InChI is InChI=1S/C76H138O6/c1-4-7-10-13-16-19-22-24-26-28-30-32-34-35-36-37-38-39-40-41-43-44-46-48-50-52-54-57-60-63-66-69-75(78)81-72-73(71-80-74(77)68-65-62-59-56-21-18-15-12-9-6-3)82-76(79)70-67-64-61-58-55-53-51-49-47-45-42-33-31-29-27-25-23-20-17-14-11-8-5-2/h7,10,16,19,24,26,30,32,35-36,73H,4-6,8-9,11-15,17-18,20-23,25,27-29,31,33-34,37-72H2,1-3H3/b10-7-,19-16-,26-24-,32-30-,36-35-. The summed E-state index contributed by atoms with van der Waals surface area (Å²) in [6, 6.07) is 0. The highest BCUT2D eigenvalue weighted by Gasteiger charge is 2.19. The molecular formula is C76H138O6. The molecular weight excluding hydrogens is 1010 g/mol. The molecule has 0 spiro atoms. The van der Waals surface area contributed by atoms with E-state index in [1.165, 1.54) is 257 Å². The molecule has 0 bridgehead atoms. The lowest BCUT2D eigenvalue weighted by atomic mass is 10.0. The summed E-state index contributed by atoms with van der Waals surface area (Å²) in [5, 5.41) is 0. The van der Waals surface area contributed by atoms with Crippen LogP contribution in [0.3, 0.4) is 0 Å². The number of rotatable bonds is 67. The predicted molar refractivity (Wildman–Crippen MR) is 358 cm³/mol. The Morgan fingerprint density at radius 1 is 0.256 bits per heavy atom. The van der Waals surface area contributed by atoms with E-state index in [1.807, 2.05) is 0 Å². The van der Waals surface area contributed by atoms with Crippen molar-refractivity contribution in [1.82, 2.24) is 0 Å². The molecule has 0 aliphatic rings. The van der Waals surface area contributed by atoms with Crippen molar-refractivity contribution in [2.75, 3.05) is 13.2 Å². The molecule has 0 rings (SSSR count). The Morgan fingerprint density at radius 2 is 0.476 bits per heavy atom. The highest BCUT2D eigenvalue weighted by atomic mass is 16.6. The van der Waals surface area contributed by atoms with E-state index in [1.54, 1.807) is 0 Å². The molecule has 478 valence electrons. The van der Waals surface area contributed by atoms with Gasteiger partial charge in [0.2, 0.25) is 0 Å². The van der Waals surface area contributed by atoms with Gasteiger partial charge in [-0.1, -0.05) is 364 Å². The number of carbonyl (C=O) groups excluding carboxylic acids is 3. The van der Waals surface area contributed by atoms with Crippen molar-refractivity contribution in [3.63, 3.8) is 0 Å². The first kappa shape index (κ1) is 79.1. The zero-order chi connectivity index (χ0) is 59.2. The number of carbonyl (C=O) groups is 3. The molecule has 0 N–H and O–H groups in total. The van der Waals surface area contributed by atoms with Crippen molar-refractivity contribution in [1.29, 1.82) is 0 Å². The smallest absolute Gasteiger partial charge is 0.306 e. The van der Waals surface area contributed by atoms with E-state index < -0.39 is 6.10 Å². The van der Waals surface area contributed by atoms with Gasteiger partial charge in [0, 0.05) is 19.3 Å². The monoisotopic (exact) mass is 1150 g/mol. The highest BCUT2D eigenvalue weighted by molar-refractivity contribution is 5.71. The van der Waals surface area contributed by atoms with Gasteiger partial charge in [-0.05, 0) is 64.2 Å².